The number of halogens is 2. The number of likely N-dealkylation sites (N-methyl/N-ethyl adjacent to an activating group) is 1. The number of benzene rings is 2. The highest BCUT2D eigenvalue weighted by Crippen LogP contribution is 2.32. The number of phenols is 1. The van der Waals surface area contributed by atoms with Gasteiger partial charge in [0.05, 0.1) is 0 Å². The van der Waals surface area contributed by atoms with E-state index in [1.165, 1.54) is 30.3 Å². The molecule has 0 spiro atoms. The van der Waals surface area contributed by atoms with Gasteiger partial charge in [-0.25, -0.2) is 8.78 Å². The van der Waals surface area contributed by atoms with E-state index < -0.39 is 5.82 Å². The van der Waals surface area contributed by atoms with Crippen molar-refractivity contribution < 1.29 is 13.9 Å². The van der Waals surface area contributed by atoms with Crippen LogP contribution >= 0.6 is 0 Å². The van der Waals surface area contributed by atoms with Crippen LogP contribution in [0.4, 0.5) is 8.78 Å². The Kier molecular flexibility index (Phi) is 4.47. The van der Waals surface area contributed by atoms with Gasteiger partial charge in [-0.05, 0) is 65.4 Å². The van der Waals surface area contributed by atoms with Crippen molar-refractivity contribution in [2.75, 3.05) is 13.6 Å². The molecule has 0 radical (unpaired) electrons. The quantitative estimate of drug-likeness (QED) is 0.899. The van der Waals surface area contributed by atoms with Crippen molar-refractivity contribution in [3.8, 4) is 5.75 Å². The van der Waals surface area contributed by atoms with E-state index in [1.807, 2.05) is 36.4 Å². The summed E-state index contributed by atoms with van der Waals surface area (Å²) in [6.45, 7) is 0.758. The average Bonchev–Trinajstić information content (AvgIpc) is 2.58. The molecule has 24 heavy (non-hydrogen) atoms. The van der Waals surface area contributed by atoms with Crippen molar-refractivity contribution in [3.05, 3.63) is 95.2 Å². The normalized spacial score (nSPS) is 14.7. The molecule has 1 aliphatic rings. The smallest absolute Gasteiger partial charge is 0.124 e. The molecule has 1 N–H and O–H groups in total. The Morgan fingerprint density at radius 2 is 1.79 bits per heavy atom. The van der Waals surface area contributed by atoms with Gasteiger partial charge in [-0.3, -0.25) is 0 Å². The van der Waals surface area contributed by atoms with Crippen molar-refractivity contribution in [1.82, 2.24) is 4.90 Å². The summed E-state index contributed by atoms with van der Waals surface area (Å²) in [5, 5.41) is 10.2. The molecule has 0 unspecified atom stereocenters. The highest BCUT2D eigenvalue weighted by Gasteiger charge is 2.12. The van der Waals surface area contributed by atoms with Gasteiger partial charge in [-0.15, -0.1) is 0 Å². The summed E-state index contributed by atoms with van der Waals surface area (Å²) in [5.41, 5.74) is 2.64. The summed E-state index contributed by atoms with van der Waals surface area (Å²) in [5.74, 6) is -0.812. The number of phenolic OH excluding ortho intramolecular Hbond substituents is 1. The molecule has 0 fully saturated rings. The van der Waals surface area contributed by atoms with E-state index in [1.54, 1.807) is 12.1 Å². The fourth-order valence-corrected chi connectivity index (χ4v) is 2.54. The Morgan fingerprint density at radius 3 is 2.46 bits per heavy atom. The second kappa shape index (κ2) is 6.71. The number of rotatable bonds is 3. The molecular weight excluding hydrogens is 308 g/mol. The molecule has 0 bridgehead atoms. The van der Waals surface area contributed by atoms with Crippen LogP contribution in [0.5, 0.6) is 5.75 Å². The van der Waals surface area contributed by atoms with Crippen molar-refractivity contribution >= 4 is 5.57 Å². The van der Waals surface area contributed by atoms with E-state index >= 15 is 0 Å². The molecule has 0 atom stereocenters. The van der Waals surface area contributed by atoms with E-state index in [4.69, 9.17) is 0 Å². The Hall–Kier alpha value is -2.88. The van der Waals surface area contributed by atoms with Crippen molar-refractivity contribution in [3.63, 3.8) is 0 Å². The maximum atomic E-state index is 13.7. The average molecular weight is 325 g/mol. The summed E-state index contributed by atoms with van der Waals surface area (Å²) in [6, 6.07) is 9.73. The van der Waals surface area contributed by atoms with Gasteiger partial charge in [0.25, 0.3) is 0 Å². The standard InChI is InChI=1S/C20H17F2NO/c1-23-10-8-14(9-11-23)12-18(15-2-4-16(21)5-3-15)19-13-17(22)6-7-20(19)24/h2-10,12-13,24H,11H2,1H3. The zero-order chi connectivity index (χ0) is 17.1. The number of aromatic hydroxyl groups is 1. The first kappa shape index (κ1) is 16.0. The fraction of sp³-hybridized carbons (Fsp3) is 0.100. The number of hydrogen-bond donors (Lipinski definition) is 1. The van der Waals surface area contributed by atoms with Gasteiger partial charge in [-0.1, -0.05) is 18.2 Å². The summed E-state index contributed by atoms with van der Waals surface area (Å²) in [6.07, 6.45) is 7.77. The molecule has 2 nitrogen and oxygen atoms in total. The van der Waals surface area contributed by atoms with Crippen molar-refractivity contribution in [2.24, 2.45) is 0 Å². The molecule has 3 rings (SSSR count). The van der Waals surface area contributed by atoms with Crippen LogP contribution in [0.1, 0.15) is 11.1 Å². The molecule has 2 aromatic rings. The van der Waals surface area contributed by atoms with Crippen LogP contribution < -0.4 is 0 Å². The van der Waals surface area contributed by atoms with Gasteiger partial charge in [0, 0.05) is 19.2 Å². The molecule has 0 aromatic heterocycles. The number of allylic oxidation sites excluding steroid dienone is 3. The third kappa shape index (κ3) is 3.54. The minimum absolute atomic E-state index is 0.0236. The second-order valence-electron chi connectivity index (χ2n) is 5.69. The molecule has 0 aliphatic carbocycles. The molecule has 1 heterocycles. The highest BCUT2D eigenvalue weighted by molar-refractivity contribution is 5.84. The van der Waals surface area contributed by atoms with Gasteiger partial charge in [0.15, 0.2) is 0 Å². The fourth-order valence-electron chi connectivity index (χ4n) is 2.54. The SMILES string of the molecule is CN1C=CC(C=C(c2ccc(F)cc2)c2cc(F)ccc2O)=CC1. The Morgan fingerprint density at radius 1 is 1.08 bits per heavy atom. The minimum atomic E-state index is -0.441. The Labute approximate surface area is 139 Å². The lowest BCUT2D eigenvalue weighted by atomic mass is 9.94. The second-order valence-corrected chi connectivity index (χ2v) is 5.69. The van der Waals surface area contributed by atoms with E-state index in [0.29, 0.717) is 16.7 Å². The zero-order valence-corrected chi connectivity index (χ0v) is 13.2. The van der Waals surface area contributed by atoms with Gasteiger partial charge in [0.1, 0.15) is 17.4 Å². The Balaban J connectivity index is 2.12. The van der Waals surface area contributed by atoms with Crippen molar-refractivity contribution in [1.29, 1.82) is 0 Å². The van der Waals surface area contributed by atoms with Gasteiger partial charge in [0.2, 0.25) is 0 Å². The molecule has 2 aromatic carbocycles. The number of nitrogens with zero attached hydrogens (tertiary/aromatic N) is 1. The van der Waals surface area contributed by atoms with Crippen LogP contribution in [-0.2, 0) is 0 Å². The monoisotopic (exact) mass is 325 g/mol. The van der Waals surface area contributed by atoms with E-state index in [9.17, 15) is 13.9 Å². The maximum Gasteiger partial charge on any atom is 0.124 e. The van der Waals surface area contributed by atoms with E-state index in [2.05, 4.69) is 0 Å². The van der Waals surface area contributed by atoms with Crippen LogP contribution in [0.25, 0.3) is 5.57 Å². The summed E-state index contributed by atoms with van der Waals surface area (Å²) >= 11 is 0. The first-order valence-corrected chi connectivity index (χ1v) is 7.58. The summed E-state index contributed by atoms with van der Waals surface area (Å²) in [4.78, 5) is 2.02. The molecule has 1 aliphatic heterocycles. The lowest BCUT2D eigenvalue weighted by Crippen LogP contribution is -2.13. The van der Waals surface area contributed by atoms with Crippen LogP contribution in [0.2, 0.25) is 0 Å². The van der Waals surface area contributed by atoms with E-state index in [0.717, 1.165) is 12.1 Å². The molecule has 4 heteroatoms. The summed E-state index contributed by atoms with van der Waals surface area (Å²) in [7, 11) is 1.97. The van der Waals surface area contributed by atoms with Crippen molar-refractivity contribution in [2.45, 2.75) is 0 Å². The summed E-state index contributed by atoms with van der Waals surface area (Å²) < 4.78 is 26.9. The highest BCUT2D eigenvalue weighted by atomic mass is 19.1. The van der Waals surface area contributed by atoms with Gasteiger partial charge in [-0.2, -0.15) is 0 Å². The lowest BCUT2D eigenvalue weighted by molar-refractivity contribution is 0.471. The zero-order valence-electron chi connectivity index (χ0n) is 13.2. The molecule has 0 amide bonds. The molecule has 0 saturated carbocycles. The molecule has 122 valence electrons. The van der Waals surface area contributed by atoms with Gasteiger partial charge >= 0.3 is 0 Å². The minimum Gasteiger partial charge on any atom is -0.507 e. The van der Waals surface area contributed by atoms with Crippen LogP contribution in [0.15, 0.2) is 72.5 Å². The Bertz CT molecular complexity index is 835. The lowest BCUT2D eigenvalue weighted by Gasteiger charge is -2.17. The van der Waals surface area contributed by atoms with Crippen LogP contribution in [0.3, 0.4) is 0 Å². The molecular formula is C20H17F2NO. The first-order chi connectivity index (χ1) is 11.5. The number of hydrogen-bond acceptors (Lipinski definition) is 2. The van der Waals surface area contributed by atoms with Gasteiger partial charge < -0.3 is 10.0 Å². The predicted molar refractivity (Wildman–Crippen MR) is 91.4 cm³/mol. The first-order valence-electron chi connectivity index (χ1n) is 7.58. The molecule has 0 saturated heterocycles. The largest absolute Gasteiger partial charge is 0.507 e. The van der Waals surface area contributed by atoms with Crippen LogP contribution in [0, 0.1) is 11.6 Å². The third-order valence-electron chi connectivity index (χ3n) is 3.85. The predicted octanol–water partition coefficient (Wildman–Crippen LogP) is 4.49. The third-order valence-corrected chi connectivity index (χ3v) is 3.85. The van der Waals surface area contributed by atoms with Crippen LogP contribution in [-0.4, -0.2) is 23.6 Å². The van der Waals surface area contributed by atoms with E-state index in [-0.39, 0.29) is 11.6 Å². The maximum absolute atomic E-state index is 13.7. The topological polar surface area (TPSA) is 23.5 Å².